The smallest absolute Gasteiger partial charge is 0.407 e. The van der Waals surface area contributed by atoms with Crippen molar-refractivity contribution in [3.63, 3.8) is 0 Å². The summed E-state index contributed by atoms with van der Waals surface area (Å²) in [6, 6.07) is 31.6. The molecule has 2 aromatic heterocycles. The molecule has 2 amide bonds. The van der Waals surface area contributed by atoms with Crippen LogP contribution in [0.25, 0.3) is 21.8 Å². The van der Waals surface area contributed by atoms with Crippen molar-refractivity contribution in [3.8, 4) is 11.5 Å². The fraction of sp³-hybridized carbons (Fsp3) is 0.348. The molecule has 0 saturated heterocycles. The average Bonchev–Trinajstić information content (AvgIpc) is 3.79. The maximum absolute atomic E-state index is 12.1. The zero-order valence-corrected chi connectivity index (χ0v) is 36.2. The van der Waals surface area contributed by atoms with Crippen molar-refractivity contribution < 1.29 is 33.6 Å². The summed E-state index contributed by atoms with van der Waals surface area (Å²) in [4.78, 5) is 30.8. The van der Waals surface area contributed by atoms with E-state index in [1.807, 2.05) is 124 Å². The predicted octanol–water partition coefficient (Wildman–Crippen LogP) is 9.79. The van der Waals surface area contributed by atoms with E-state index in [4.69, 9.17) is 18.9 Å². The zero-order valence-electron chi connectivity index (χ0n) is 34.1. The molecule has 58 heavy (non-hydrogen) atoms. The van der Waals surface area contributed by atoms with E-state index in [-0.39, 0.29) is 18.7 Å². The molecule has 0 unspecified atom stereocenters. The number of aromatic nitrogens is 2. The second kappa shape index (κ2) is 20.5. The highest BCUT2D eigenvalue weighted by molar-refractivity contribution is 14.1. The van der Waals surface area contributed by atoms with Crippen molar-refractivity contribution in [3.05, 3.63) is 132 Å². The second-order valence-corrected chi connectivity index (χ2v) is 16.8. The van der Waals surface area contributed by atoms with Crippen molar-refractivity contribution in [2.75, 3.05) is 11.0 Å². The predicted molar refractivity (Wildman–Crippen MR) is 238 cm³/mol. The lowest BCUT2D eigenvalue weighted by Crippen LogP contribution is -2.42. The largest absolute Gasteiger partial charge is 0.487 e. The number of rotatable bonds is 14. The Kier molecular flexibility index (Phi) is 15.5. The fourth-order valence-electron chi connectivity index (χ4n) is 6.20. The monoisotopic (exact) mass is 902 g/mol. The first-order valence-electron chi connectivity index (χ1n) is 19.4. The van der Waals surface area contributed by atoms with Crippen LogP contribution in [0.5, 0.6) is 11.5 Å². The number of halogens is 1. The number of ether oxygens (including phenoxy) is 4. The number of aliphatic hydroxyl groups excluding tert-OH is 1. The highest BCUT2D eigenvalue weighted by atomic mass is 127. The molecule has 4 aromatic carbocycles. The summed E-state index contributed by atoms with van der Waals surface area (Å²) in [5.41, 5.74) is 5.13. The number of fused-ring (bicyclic) bond motifs is 2. The van der Waals surface area contributed by atoms with Crippen LogP contribution in [-0.4, -0.2) is 61.6 Å². The molecule has 6 aromatic rings. The van der Waals surface area contributed by atoms with Gasteiger partial charge in [0.2, 0.25) is 0 Å². The van der Waals surface area contributed by atoms with Gasteiger partial charge in [-0.1, -0.05) is 108 Å². The summed E-state index contributed by atoms with van der Waals surface area (Å²) < 4.78 is 23.5. The number of benzene rings is 4. The van der Waals surface area contributed by atoms with E-state index in [9.17, 15) is 14.7 Å². The van der Waals surface area contributed by atoms with Crippen molar-refractivity contribution in [2.24, 2.45) is 0 Å². The minimum absolute atomic E-state index is 0.0154. The van der Waals surface area contributed by atoms with Crippen molar-refractivity contribution in [2.45, 2.75) is 90.9 Å². The standard InChI is InChI=1S/C23H27IN2O3.C23H28N2O4/c1-23(2,3)29-22(27)26-18(13-24)12-17-14-25-21-19(17)10-7-11-20(21)28-15-16-8-5-4-6-9-16;1-23(2,3)29-22(27)25-18(14-26)12-17-13-24-21-19(17)10-7-11-20(21)28-15-16-8-5-4-6-9-16/h4-11,14,18,25H,12-13,15H2,1-3H3,(H,26,27);4-11,13,18,24,26H,12,14-15H2,1-3H3,(H,25,27)/t2*18-/m00/s1. The van der Waals surface area contributed by atoms with Gasteiger partial charge in [-0.15, -0.1) is 0 Å². The molecule has 0 spiro atoms. The van der Waals surface area contributed by atoms with Gasteiger partial charge in [-0.2, -0.15) is 0 Å². The molecule has 0 bridgehead atoms. The molecule has 0 aliphatic heterocycles. The van der Waals surface area contributed by atoms with Crippen LogP contribution in [0.15, 0.2) is 109 Å². The molecule has 2 atom stereocenters. The van der Waals surface area contributed by atoms with E-state index in [1.54, 1.807) is 20.8 Å². The molecular weight excluding hydrogens is 847 g/mol. The Morgan fingerprint density at radius 3 is 1.43 bits per heavy atom. The Morgan fingerprint density at radius 1 is 0.621 bits per heavy atom. The number of aliphatic hydroxyl groups is 1. The molecule has 6 rings (SSSR count). The number of H-pyrrole nitrogens is 2. The number of aromatic amines is 2. The minimum Gasteiger partial charge on any atom is -0.487 e. The number of hydrogen-bond donors (Lipinski definition) is 5. The van der Waals surface area contributed by atoms with Crippen LogP contribution < -0.4 is 20.1 Å². The van der Waals surface area contributed by atoms with Gasteiger partial charge in [0.15, 0.2) is 0 Å². The average molecular weight is 903 g/mol. The zero-order chi connectivity index (χ0) is 41.7. The summed E-state index contributed by atoms with van der Waals surface area (Å²) in [7, 11) is 0. The molecule has 0 radical (unpaired) electrons. The molecule has 2 heterocycles. The third-order valence-electron chi connectivity index (χ3n) is 8.78. The number of alkyl halides is 1. The highest BCUT2D eigenvalue weighted by Crippen LogP contribution is 2.30. The summed E-state index contributed by atoms with van der Waals surface area (Å²) in [5.74, 6) is 1.59. The van der Waals surface area contributed by atoms with Gasteiger partial charge in [0.25, 0.3) is 0 Å². The topological polar surface area (TPSA) is 147 Å². The maximum Gasteiger partial charge on any atom is 0.407 e. The summed E-state index contributed by atoms with van der Waals surface area (Å²) >= 11 is 2.29. The number of para-hydroxylation sites is 2. The maximum atomic E-state index is 12.1. The number of carbonyl (C=O) groups excluding carboxylic acids is 2. The van der Waals surface area contributed by atoms with E-state index in [1.165, 1.54) is 0 Å². The first kappa shape index (κ1) is 43.9. The third kappa shape index (κ3) is 13.4. The molecule has 5 N–H and O–H groups in total. The Bertz CT molecular complexity index is 2050. The lowest BCUT2D eigenvalue weighted by atomic mass is 10.1. The van der Waals surface area contributed by atoms with Crippen LogP contribution in [0.4, 0.5) is 9.59 Å². The van der Waals surface area contributed by atoms with Crippen LogP contribution in [0, 0.1) is 0 Å². The lowest BCUT2D eigenvalue weighted by molar-refractivity contribution is 0.0479. The molecule has 0 aliphatic rings. The van der Waals surface area contributed by atoms with Gasteiger partial charge in [-0.05, 0) is 88.8 Å². The molecule has 0 saturated carbocycles. The Hall–Kier alpha value is -5.21. The first-order valence-corrected chi connectivity index (χ1v) is 20.9. The molecule has 11 nitrogen and oxygen atoms in total. The third-order valence-corrected chi connectivity index (χ3v) is 9.84. The van der Waals surface area contributed by atoms with E-state index < -0.39 is 23.3 Å². The van der Waals surface area contributed by atoms with Gasteiger partial charge in [-0.3, -0.25) is 0 Å². The summed E-state index contributed by atoms with van der Waals surface area (Å²) in [5, 5.41) is 17.5. The number of carbonyl (C=O) groups is 2. The SMILES string of the molecule is CC(C)(C)OC(=O)N[C@H](CI)Cc1c[nH]c2c(OCc3ccccc3)cccc12.CC(C)(C)OC(=O)N[C@H](CO)Cc1c[nH]c2c(OCc3ccccc3)cccc12. The Morgan fingerprint density at radius 2 is 1.03 bits per heavy atom. The van der Waals surface area contributed by atoms with Gasteiger partial charge >= 0.3 is 12.2 Å². The van der Waals surface area contributed by atoms with Crippen LogP contribution in [0.1, 0.15) is 63.8 Å². The van der Waals surface area contributed by atoms with E-state index in [2.05, 4.69) is 49.3 Å². The molecule has 0 aliphatic carbocycles. The van der Waals surface area contributed by atoms with Crippen molar-refractivity contribution >= 4 is 56.6 Å². The van der Waals surface area contributed by atoms with Gasteiger partial charge in [0.05, 0.1) is 23.7 Å². The molecule has 0 fully saturated rings. The normalized spacial score (nSPS) is 12.6. The quantitative estimate of drug-likeness (QED) is 0.0541. The summed E-state index contributed by atoms with van der Waals surface area (Å²) in [6.07, 6.45) is 4.15. The van der Waals surface area contributed by atoms with Crippen LogP contribution in [-0.2, 0) is 35.5 Å². The number of amides is 2. The lowest BCUT2D eigenvalue weighted by Gasteiger charge is -2.22. The Labute approximate surface area is 354 Å². The number of alkyl carbamates (subject to hydrolysis) is 2. The van der Waals surface area contributed by atoms with Crippen molar-refractivity contribution in [1.82, 2.24) is 20.6 Å². The highest BCUT2D eigenvalue weighted by Gasteiger charge is 2.22. The van der Waals surface area contributed by atoms with Crippen LogP contribution in [0.3, 0.4) is 0 Å². The van der Waals surface area contributed by atoms with Crippen molar-refractivity contribution in [1.29, 1.82) is 0 Å². The molecule has 12 heteroatoms. The molecular formula is C46H55IN4O7. The minimum atomic E-state index is -0.587. The van der Waals surface area contributed by atoms with E-state index in [0.29, 0.717) is 26.1 Å². The fourth-order valence-corrected chi connectivity index (χ4v) is 6.73. The van der Waals surface area contributed by atoms with Gasteiger partial charge in [0.1, 0.15) is 35.9 Å². The number of nitrogens with one attached hydrogen (secondary N) is 4. The number of hydrogen-bond acceptors (Lipinski definition) is 7. The van der Waals surface area contributed by atoms with Gasteiger partial charge in [0, 0.05) is 33.6 Å². The molecule has 308 valence electrons. The van der Waals surface area contributed by atoms with Crippen LogP contribution >= 0.6 is 22.6 Å². The van der Waals surface area contributed by atoms with Gasteiger partial charge in [-0.25, -0.2) is 9.59 Å². The van der Waals surface area contributed by atoms with E-state index >= 15 is 0 Å². The Balaban J connectivity index is 0.000000221. The van der Waals surface area contributed by atoms with Crippen LogP contribution in [0.2, 0.25) is 0 Å². The summed E-state index contributed by atoms with van der Waals surface area (Å²) in [6.45, 7) is 11.8. The van der Waals surface area contributed by atoms with E-state index in [0.717, 1.165) is 60.0 Å². The van der Waals surface area contributed by atoms with Gasteiger partial charge < -0.3 is 44.7 Å². The first-order chi connectivity index (χ1) is 27.7. The second-order valence-electron chi connectivity index (χ2n) is 16.0.